The summed E-state index contributed by atoms with van der Waals surface area (Å²) in [5, 5.41) is 12.7. The fourth-order valence-corrected chi connectivity index (χ4v) is 2.39. The molecule has 1 heterocycles. The largest absolute Gasteiger partial charge is 0.480 e. The molecule has 0 aliphatic heterocycles. The van der Waals surface area contributed by atoms with Crippen LogP contribution in [0.5, 0.6) is 0 Å². The molecular weight excluding hydrogens is 219 g/mol. The van der Waals surface area contributed by atoms with Crippen molar-refractivity contribution in [2.45, 2.75) is 31.8 Å². The third-order valence-corrected chi connectivity index (χ3v) is 3.21. The molecule has 1 fully saturated rings. The Hall–Kier alpha value is -1.37. The van der Waals surface area contributed by atoms with E-state index in [0.29, 0.717) is 5.92 Å². The molecule has 1 N–H and O–H groups in total. The number of carboxylic acids is 1. The van der Waals surface area contributed by atoms with Crippen LogP contribution in [0.25, 0.3) is 0 Å². The van der Waals surface area contributed by atoms with Gasteiger partial charge in [-0.1, -0.05) is 0 Å². The maximum absolute atomic E-state index is 10.6. The van der Waals surface area contributed by atoms with Crippen LogP contribution in [0.1, 0.15) is 19.3 Å². The normalized spacial score (nSPS) is 24.3. The lowest BCUT2D eigenvalue weighted by molar-refractivity contribution is -0.137. The summed E-state index contributed by atoms with van der Waals surface area (Å²) < 4.78 is 1.81. The molecule has 1 aromatic rings. The fraction of sp³-hybridized carbons (Fsp3) is 0.700. The van der Waals surface area contributed by atoms with Gasteiger partial charge in [0.15, 0.2) is 7.98 Å². The van der Waals surface area contributed by atoms with E-state index in [-0.39, 0.29) is 12.6 Å². The smallest absolute Gasteiger partial charge is 0.316 e. The molecule has 1 aliphatic rings. The summed E-state index contributed by atoms with van der Waals surface area (Å²) in [6, 6.07) is 0.166. The van der Waals surface area contributed by atoms with E-state index in [0.717, 1.165) is 25.8 Å². The molecule has 0 aromatic carbocycles. The molecule has 90 valence electrons. The van der Waals surface area contributed by atoms with E-state index in [1.54, 1.807) is 6.33 Å². The van der Waals surface area contributed by atoms with Gasteiger partial charge in [0, 0.05) is 6.54 Å². The maximum atomic E-state index is 10.6. The van der Waals surface area contributed by atoms with Crippen LogP contribution in [-0.4, -0.2) is 51.2 Å². The lowest BCUT2D eigenvalue weighted by atomic mass is 10.1. The highest BCUT2D eigenvalue weighted by molar-refractivity contribution is 6.05. The van der Waals surface area contributed by atoms with Crippen LogP contribution in [0.2, 0.25) is 0 Å². The van der Waals surface area contributed by atoms with Gasteiger partial charge in [-0.25, -0.2) is 4.98 Å². The Balaban J connectivity index is 1.81. The number of carbonyl (C=O) groups is 1. The average Bonchev–Trinajstić information content (AvgIpc) is 2.88. The molecule has 1 aliphatic carbocycles. The number of aliphatic carboxylic acids is 1. The van der Waals surface area contributed by atoms with Gasteiger partial charge in [0.05, 0.1) is 6.54 Å². The average molecular weight is 234 g/mol. The van der Waals surface area contributed by atoms with Gasteiger partial charge in [-0.15, -0.1) is 0 Å². The quantitative estimate of drug-likeness (QED) is 0.721. The van der Waals surface area contributed by atoms with Crippen LogP contribution >= 0.6 is 0 Å². The molecular formula is C10H15BN4O2. The van der Waals surface area contributed by atoms with Gasteiger partial charge in [0.1, 0.15) is 12.7 Å². The zero-order valence-electron chi connectivity index (χ0n) is 9.57. The Bertz CT molecular complexity index is 370. The molecule has 0 bridgehead atoms. The molecule has 1 saturated carbocycles. The van der Waals surface area contributed by atoms with Gasteiger partial charge >= 0.3 is 5.97 Å². The van der Waals surface area contributed by atoms with E-state index >= 15 is 0 Å². The maximum Gasteiger partial charge on any atom is 0.316 e. The molecule has 0 unspecified atom stereocenters. The predicted octanol–water partition coefficient (Wildman–Crippen LogP) is -0.0831. The number of hydrogen-bond acceptors (Lipinski definition) is 4. The van der Waals surface area contributed by atoms with Crippen LogP contribution in [0, 0.1) is 5.92 Å². The highest BCUT2D eigenvalue weighted by atomic mass is 16.4. The predicted molar refractivity (Wildman–Crippen MR) is 61.2 cm³/mol. The lowest BCUT2D eigenvalue weighted by Gasteiger charge is -2.23. The topological polar surface area (TPSA) is 71.2 Å². The molecule has 2 radical (unpaired) electrons. The summed E-state index contributed by atoms with van der Waals surface area (Å²) in [5.74, 6) is -0.381. The van der Waals surface area contributed by atoms with E-state index in [1.807, 2.05) is 4.68 Å². The Labute approximate surface area is 101 Å². The zero-order chi connectivity index (χ0) is 12.3. The molecule has 0 amide bonds. The summed E-state index contributed by atoms with van der Waals surface area (Å²) in [6.45, 7) is 0.734. The van der Waals surface area contributed by atoms with Crippen molar-refractivity contribution < 1.29 is 9.90 Å². The number of aromatic nitrogens is 3. The molecule has 17 heavy (non-hydrogen) atoms. The molecule has 6 nitrogen and oxygen atoms in total. The van der Waals surface area contributed by atoms with Gasteiger partial charge in [0.25, 0.3) is 0 Å². The minimum absolute atomic E-state index is 0.0965. The Morgan fingerprint density at radius 3 is 3.06 bits per heavy atom. The van der Waals surface area contributed by atoms with Crippen molar-refractivity contribution in [2.75, 3.05) is 6.54 Å². The highest BCUT2D eigenvalue weighted by Gasteiger charge is 2.28. The monoisotopic (exact) mass is 234 g/mol. The summed E-state index contributed by atoms with van der Waals surface area (Å²) in [6.07, 6.45) is 6.14. The molecule has 2 atom stereocenters. The molecule has 0 saturated heterocycles. The highest BCUT2D eigenvalue weighted by Crippen LogP contribution is 2.29. The Kier molecular flexibility index (Phi) is 3.78. The van der Waals surface area contributed by atoms with E-state index in [4.69, 9.17) is 13.1 Å². The first-order valence-corrected chi connectivity index (χ1v) is 5.70. The van der Waals surface area contributed by atoms with Crippen molar-refractivity contribution in [3.63, 3.8) is 0 Å². The van der Waals surface area contributed by atoms with E-state index < -0.39 is 5.97 Å². The SMILES string of the molecule is [B]N(CC(=O)O)[C@@H]1CC[C@H](Cn2cncn2)C1. The van der Waals surface area contributed by atoms with E-state index in [2.05, 4.69) is 10.1 Å². The Morgan fingerprint density at radius 1 is 1.59 bits per heavy atom. The number of hydrogen-bond donors (Lipinski definition) is 1. The molecule has 1 aromatic heterocycles. The van der Waals surface area contributed by atoms with Gasteiger partial charge < -0.3 is 9.92 Å². The van der Waals surface area contributed by atoms with Crippen LogP contribution in [-0.2, 0) is 11.3 Å². The van der Waals surface area contributed by atoms with Crippen molar-refractivity contribution in [1.29, 1.82) is 0 Å². The van der Waals surface area contributed by atoms with Crippen molar-refractivity contribution in [2.24, 2.45) is 5.92 Å². The minimum Gasteiger partial charge on any atom is -0.480 e. The second-order valence-corrected chi connectivity index (χ2v) is 4.52. The summed E-state index contributed by atoms with van der Waals surface area (Å²) in [7, 11) is 5.73. The van der Waals surface area contributed by atoms with E-state index in [9.17, 15) is 4.79 Å². The summed E-state index contributed by atoms with van der Waals surface area (Å²) in [5.41, 5.74) is 0. The first kappa shape index (κ1) is 12.1. The second kappa shape index (κ2) is 5.31. The molecule has 7 heteroatoms. The summed E-state index contributed by atoms with van der Waals surface area (Å²) in [4.78, 5) is 15.9. The zero-order valence-corrected chi connectivity index (χ0v) is 9.57. The van der Waals surface area contributed by atoms with Gasteiger partial charge in [-0.05, 0) is 31.2 Å². The lowest BCUT2D eigenvalue weighted by Crippen LogP contribution is -2.35. The number of rotatable bonds is 5. The van der Waals surface area contributed by atoms with Gasteiger partial charge in [-0.3, -0.25) is 9.48 Å². The number of carboxylic acid groups (broad SMARTS) is 1. The van der Waals surface area contributed by atoms with Crippen LogP contribution < -0.4 is 0 Å². The third-order valence-electron chi connectivity index (χ3n) is 3.21. The molecule has 0 spiro atoms. The van der Waals surface area contributed by atoms with Gasteiger partial charge in [0.2, 0.25) is 0 Å². The van der Waals surface area contributed by atoms with Crippen molar-refractivity contribution >= 4 is 14.0 Å². The molecule has 2 rings (SSSR count). The third kappa shape index (κ3) is 3.29. The van der Waals surface area contributed by atoms with Crippen molar-refractivity contribution in [1.82, 2.24) is 19.6 Å². The van der Waals surface area contributed by atoms with Crippen molar-refractivity contribution in [3.8, 4) is 0 Å². The van der Waals surface area contributed by atoms with E-state index in [1.165, 1.54) is 11.1 Å². The van der Waals surface area contributed by atoms with Crippen molar-refractivity contribution in [3.05, 3.63) is 12.7 Å². The minimum atomic E-state index is -0.882. The first-order valence-electron chi connectivity index (χ1n) is 5.70. The van der Waals surface area contributed by atoms with Gasteiger partial charge in [-0.2, -0.15) is 5.10 Å². The standard InChI is InChI=1S/C10H15BN4O2/c11-15(5-10(16)17)9-2-1-8(3-9)4-14-7-12-6-13-14/h6-9H,1-5H2,(H,16,17)/t8-,9+/m0/s1. The second-order valence-electron chi connectivity index (χ2n) is 4.52. The summed E-state index contributed by atoms with van der Waals surface area (Å²) >= 11 is 0. The first-order chi connectivity index (χ1) is 8.15. The fourth-order valence-electron chi connectivity index (χ4n) is 2.39. The van der Waals surface area contributed by atoms with Crippen LogP contribution in [0.4, 0.5) is 0 Å². The van der Waals surface area contributed by atoms with Crippen LogP contribution in [0.15, 0.2) is 12.7 Å². The van der Waals surface area contributed by atoms with Crippen LogP contribution in [0.3, 0.4) is 0 Å². The number of nitrogens with zero attached hydrogens (tertiary/aromatic N) is 4. The Morgan fingerprint density at radius 2 is 2.41 bits per heavy atom.